The average Bonchev–Trinajstić information content (AvgIpc) is 2.68. The quantitative estimate of drug-likeness (QED) is 0.868. The number of rotatable bonds is 4. The predicted molar refractivity (Wildman–Crippen MR) is 74.3 cm³/mol. The minimum Gasteiger partial charge on any atom is -0.481 e. The van der Waals surface area contributed by atoms with Gasteiger partial charge in [-0.2, -0.15) is 0 Å². The second kappa shape index (κ2) is 5.44. The Bertz CT molecular complexity index is 602. The normalized spacial score (nSPS) is 10.7. The number of aliphatic carboxylic acids is 1. The van der Waals surface area contributed by atoms with Gasteiger partial charge in [0.2, 0.25) is 0 Å². The van der Waals surface area contributed by atoms with Crippen molar-refractivity contribution in [2.75, 3.05) is 5.75 Å². The summed E-state index contributed by atoms with van der Waals surface area (Å²) in [5.74, 6) is -0.108. The molecule has 2 rings (SSSR count). The standard InChI is InChI=1S/C13H15N3O2S/c1-8-5-4-6-9(2)11(8)12-14-15-13(16(12)3)19-7-10(17)18/h4-6H,7H2,1-3H3,(H,17,18). The number of aryl methyl sites for hydroxylation is 2. The second-order valence-corrected chi connectivity index (χ2v) is 5.26. The lowest BCUT2D eigenvalue weighted by atomic mass is 10.0. The minimum absolute atomic E-state index is 0.0152. The Morgan fingerprint density at radius 2 is 1.95 bits per heavy atom. The minimum atomic E-state index is -0.860. The highest BCUT2D eigenvalue weighted by molar-refractivity contribution is 7.99. The Morgan fingerprint density at radius 3 is 2.53 bits per heavy atom. The van der Waals surface area contributed by atoms with Crippen molar-refractivity contribution in [1.29, 1.82) is 0 Å². The average molecular weight is 277 g/mol. The van der Waals surface area contributed by atoms with Crippen LogP contribution in [0.4, 0.5) is 0 Å². The molecule has 100 valence electrons. The van der Waals surface area contributed by atoms with Crippen LogP contribution in [0.2, 0.25) is 0 Å². The Morgan fingerprint density at radius 1 is 1.32 bits per heavy atom. The molecule has 0 fully saturated rings. The molecular formula is C13H15N3O2S. The lowest BCUT2D eigenvalue weighted by molar-refractivity contribution is -0.133. The zero-order valence-corrected chi connectivity index (χ0v) is 11.9. The monoisotopic (exact) mass is 277 g/mol. The van der Waals surface area contributed by atoms with E-state index in [1.54, 1.807) is 0 Å². The number of carboxylic acid groups (broad SMARTS) is 1. The Balaban J connectivity index is 2.39. The molecule has 0 bridgehead atoms. The van der Waals surface area contributed by atoms with Crippen molar-refractivity contribution in [3.63, 3.8) is 0 Å². The van der Waals surface area contributed by atoms with E-state index in [1.807, 2.05) is 43.7 Å². The molecule has 2 aromatic rings. The van der Waals surface area contributed by atoms with Crippen molar-refractivity contribution in [1.82, 2.24) is 14.8 Å². The van der Waals surface area contributed by atoms with Crippen LogP contribution in [-0.2, 0) is 11.8 Å². The summed E-state index contributed by atoms with van der Waals surface area (Å²) in [4.78, 5) is 10.6. The maximum Gasteiger partial charge on any atom is 0.313 e. The molecular weight excluding hydrogens is 262 g/mol. The van der Waals surface area contributed by atoms with E-state index in [9.17, 15) is 4.79 Å². The molecule has 0 spiro atoms. The fraction of sp³-hybridized carbons (Fsp3) is 0.308. The van der Waals surface area contributed by atoms with Gasteiger partial charge in [0.25, 0.3) is 0 Å². The highest BCUT2D eigenvalue weighted by atomic mass is 32.2. The van der Waals surface area contributed by atoms with Crippen LogP contribution < -0.4 is 0 Å². The van der Waals surface area contributed by atoms with E-state index in [0.29, 0.717) is 5.16 Å². The summed E-state index contributed by atoms with van der Waals surface area (Å²) < 4.78 is 1.84. The molecule has 0 atom stereocenters. The van der Waals surface area contributed by atoms with Crippen LogP contribution >= 0.6 is 11.8 Å². The Kier molecular flexibility index (Phi) is 3.90. The summed E-state index contributed by atoms with van der Waals surface area (Å²) in [6.07, 6.45) is 0. The summed E-state index contributed by atoms with van der Waals surface area (Å²) in [6.45, 7) is 4.06. The zero-order valence-electron chi connectivity index (χ0n) is 11.0. The van der Waals surface area contributed by atoms with Gasteiger partial charge in [0.1, 0.15) is 0 Å². The van der Waals surface area contributed by atoms with E-state index in [1.165, 1.54) is 11.8 Å². The molecule has 0 saturated carbocycles. The molecule has 6 heteroatoms. The molecule has 1 aromatic heterocycles. The zero-order chi connectivity index (χ0) is 14.0. The van der Waals surface area contributed by atoms with Crippen LogP contribution in [0, 0.1) is 13.8 Å². The van der Waals surface area contributed by atoms with Crippen molar-refractivity contribution in [2.45, 2.75) is 19.0 Å². The van der Waals surface area contributed by atoms with E-state index in [2.05, 4.69) is 10.2 Å². The third-order valence-electron chi connectivity index (χ3n) is 2.86. The van der Waals surface area contributed by atoms with Crippen molar-refractivity contribution in [3.8, 4) is 11.4 Å². The number of hydrogen-bond acceptors (Lipinski definition) is 4. The molecule has 0 unspecified atom stereocenters. The molecule has 1 N–H and O–H groups in total. The summed E-state index contributed by atoms with van der Waals surface area (Å²) in [5, 5.41) is 17.6. The molecule has 1 aromatic carbocycles. The Labute approximate surface area is 115 Å². The van der Waals surface area contributed by atoms with Crippen LogP contribution in [0.25, 0.3) is 11.4 Å². The van der Waals surface area contributed by atoms with Crippen LogP contribution in [0.5, 0.6) is 0 Å². The van der Waals surface area contributed by atoms with Crippen molar-refractivity contribution in [2.24, 2.45) is 7.05 Å². The van der Waals surface area contributed by atoms with Gasteiger partial charge in [0.05, 0.1) is 5.75 Å². The molecule has 0 radical (unpaired) electrons. The van der Waals surface area contributed by atoms with Crippen LogP contribution in [0.1, 0.15) is 11.1 Å². The maximum atomic E-state index is 10.6. The van der Waals surface area contributed by atoms with Gasteiger partial charge in [-0.25, -0.2) is 0 Å². The fourth-order valence-electron chi connectivity index (χ4n) is 1.95. The molecule has 1 heterocycles. The molecule has 0 aliphatic heterocycles. The van der Waals surface area contributed by atoms with Gasteiger partial charge in [0, 0.05) is 12.6 Å². The first-order valence-electron chi connectivity index (χ1n) is 5.81. The van der Waals surface area contributed by atoms with Crippen molar-refractivity contribution in [3.05, 3.63) is 29.3 Å². The van der Waals surface area contributed by atoms with Crippen molar-refractivity contribution >= 4 is 17.7 Å². The molecule has 5 nitrogen and oxygen atoms in total. The number of carboxylic acids is 1. The summed E-state index contributed by atoms with van der Waals surface area (Å²) in [5.41, 5.74) is 3.32. The summed E-state index contributed by atoms with van der Waals surface area (Å²) in [7, 11) is 1.85. The second-order valence-electron chi connectivity index (χ2n) is 4.31. The van der Waals surface area contributed by atoms with Gasteiger partial charge < -0.3 is 9.67 Å². The van der Waals surface area contributed by atoms with E-state index in [-0.39, 0.29) is 5.75 Å². The first kappa shape index (κ1) is 13.6. The smallest absolute Gasteiger partial charge is 0.313 e. The van der Waals surface area contributed by atoms with E-state index >= 15 is 0 Å². The fourth-order valence-corrected chi connectivity index (χ4v) is 2.58. The van der Waals surface area contributed by atoms with Crippen LogP contribution in [-0.4, -0.2) is 31.6 Å². The van der Waals surface area contributed by atoms with Gasteiger partial charge in [0.15, 0.2) is 11.0 Å². The van der Waals surface area contributed by atoms with Crippen molar-refractivity contribution < 1.29 is 9.90 Å². The lowest BCUT2D eigenvalue weighted by Crippen LogP contribution is -2.01. The SMILES string of the molecule is Cc1cccc(C)c1-c1nnc(SCC(=O)O)n1C. The van der Waals surface area contributed by atoms with E-state index < -0.39 is 5.97 Å². The molecule has 0 amide bonds. The molecule has 0 saturated heterocycles. The molecule has 0 aliphatic carbocycles. The van der Waals surface area contributed by atoms with E-state index in [4.69, 9.17) is 5.11 Å². The molecule has 19 heavy (non-hydrogen) atoms. The van der Waals surface area contributed by atoms with Crippen LogP contribution in [0.3, 0.4) is 0 Å². The highest BCUT2D eigenvalue weighted by Crippen LogP contribution is 2.27. The summed E-state index contributed by atoms with van der Waals surface area (Å²) >= 11 is 1.17. The first-order valence-corrected chi connectivity index (χ1v) is 6.80. The number of hydrogen-bond donors (Lipinski definition) is 1. The third kappa shape index (κ3) is 2.78. The molecule has 0 aliphatic rings. The number of carbonyl (C=O) groups is 1. The van der Waals surface area contributed by atoms with Gasteiger partial charge >= 0.3 is 5.97 Å². The van der Waals surface area contributed by atoms with Gasteiger partial charge in [-0.3, -0.25) is 4.79 Å². The number of aromatic nitrogens is 3. The summed E-state index contributed by atoms with van der Waals surface area (Å²) in [6, 6.07) is 6.06. The Hall–Kier alpha value is -1.82. The largest absolute Gasteiger partial charge is 0.481 e. The van der Waals surface area contributed by atoms with Gasteiger partial charge in [-0.15, -0.1) is 10.2 Å². The van der Waals surface area contributed by atoms with Gasteiger partial charge in [-0.05, 0) is 25.0 Å². The topological polar surface area (TPSA) is 68.0 Å². The lowest BCUT2D eigenvalue weighted by Gasteiger charge is -2.09. The van der Waals surface area contributed by atoms with Crippen LogP contribution in [0.15, 0.2) is 23.4 Å². The highest BCUT2D eigenvalue weighted by Gasteiger charge is 2.15. The van der Waals surface area contributed by atoms with Gasteiger partial charge in [-0.1, -0.05) is 30.0 Å². The maximum absolute atomic E-state index is 10.6. The van der Waals surface area contributed by atoms with E-state index in [0.717, 1.165) is 22.5 Å². The number of thioether (sulfide) groups is 1. The number of nitrogens with zero attached hydrogens (tertiary/aromatic N) is 3. The first-order chi connectivity index (χ1) is 9.00. The third-order valence-corrected chi connectivity index (χ3v) is 3.87. The predicted octanol–water partition coefficient (Wildman–Crippen LogP) is 2.28. The number of benzene rings is 1.